The summed E-state index contributed by atoms with van der Waals surface area (Å²) in [6.07, 6.45) is 4.41. The summed E-state index contributed by atoms with van der Waals surface area (Å²) in [5.41, 5.74) is 1.75. The van der Waals surface area contributed by atoms with Crippen molar-refractivity contribution in [2.45, 2.75) is 12.8 Å². The molecule has 0 aliphatic heterocycles. The number of aromatic nitrogens is 2. The van der Waals surface area contributed by atoms with Crippen molar-refractivity contribution in [2.24, 2.45) is 0 Å². The highest BCUT2D eigenvalue weighted by Crippen LogP contribution is 2.15. The Kier molecular flexibility index (Phi) is 4.25. The number of nitrogens with zero attached hydrogens (tertiary/aromatic N) is 2. The van der Waals surface area contributed by atoms with Crippen LogP contribution in [0, 0.1) is 0 Å². The van der Waals surface area contributed by atoms with Crippen LogP contribution in [0.15, 0.2) is 29.9 Å². The molecule has 0 amide bonds. The largest absolute Gasteiger partial charge is 0.481 e. The number of rotatable bonds is 6. The van der Waals surface area contributed by atoms with E-state index in [1.807, 2.05) is 18.3 Å². The zero-order chi connectivity index (χ0) is 12.8. The van der Waals surface area contributed by atoms with Crippen molar-refractivity contribution in [3.8, 4) is 0 Å². The molecule has 2 aromatic heterocycles. The van der Waals surface area contributed by atoms with Gasteiger partial charge < -0.3 is 10.4 Å². The molecule has 0 radical (unpaired) electrons. The topological polar surface area (TPSA) is 75.1 Å². The Morgan fingerprint density at radius 3 is 3.11 bits per heavy atom. The van der Waals surface area contributed by atoms with E-state index in [1.165, 1.54) is 11.3 Å². The zero-order valence-corrected chi connectivity index (χ0v) is 10.5. The second-order valence-corrected chi connectivity index (χ2v) is 4.61. The quantitative estimate of drug-likeness (QED) is 0.831. The lowest BCUT2D eigenvalue weighted by Crippen LogP contribution is -2.05. The van der Waals surface area contributed by atoms with Crippen molar-refractivity contribution in [1.82, 2.24) is 9.97 Å². The smallest absolute Gasteiger partial charge is 0.309 e. The van der Waals surface area contributed by atoms with E-state index in [9.17, 15) is 4.79 Å². The molecule has 0 unspecified atom stereocenters. The van der Waals surface area contributed by atoms with Gasteiger partial charge in [0.05, 0.1) is 12.1 Å². The second kappa shape index (κ2) is 6.11. The van der Waals surface area contributed by atoms with E-state index in [0.717, 1.165) is 23.7 Å². The minimum atomic E-state index is -0.859. The van der Waals surface area contributed by atoms with Crippen LogP contribution in [0.4, 0.5) is 5.13 Å². The third-order valence-electron chi connectivity index (χ3n) is 2.30. The normalized spacial score (nSPS) is 10.2. The molecule has 0 saturated carbocycles. The maximum Gasteiger partial charge on any atom is 0.309 e. The maximum atomic E-state index is 10.5. The SMILES string of the molecule is O=C(O)Cc1csc(NCCc2cccnc2)n1. The molecule has 2 N–H and O–H groups in total. The Labute approximate surface area is 109 Å². The lowest BCUT2D eigenvalue weighted by atomic mass is 10.2. The summed E-state index contributed by atoms with van der Waals surface area (Å²) in [6.45, 7) is 0.756. The summed E-state index contributed by atoms with van der Waals surface area (Å²) < 4.78 is 0. The molecule has 0 aliphatic carbocycles. The third kappa shape index (κ3) is 3.81. The number of hydrogen-bond donors (Lipinski definition) is 2. The molecule has 6 heteroatoms. The van der Waals surface area contributed by atoms with Crippen molar-refractivity contribution in [3.63, 3.8) is 0 Å². The van der Waals surface area contributed by atoms with Crippen LogP contribution < -0.4 is 5.32 Å². The lowest BCUT2D eigenvalue weighted by molar-refractivity contribution is -0.136. The highest BCUT2D eigenvalue weighted by atomic mass is 32.1. The first-order chi connectivity index (χ1) is 8.74. The van der Waals surface area contributed by atoms with Crippen LogP contribution >= 0.6 is 11.3 Å². The molecular weight excluding hydrogens is 250 g/mol. The fourth-order valence-electron chi connectivity index (χ4n) is 1.48. The van der Waals surface area contributed by atoms with Gasteiger partial charge in [-0.15, -0.1) is 11.3 Å². The number of pyridine rings is 1. The Morgan fingerprint density at radius 2 is 2.39 bits per heavy atom. The fraction of sp³-hybridized carbons (Fsp3) is 0.250. The molecule has 0 aliphatic rings. The third-order valence-corrected chi connectivity index (χ3v) is 3.15. The predicted octanol–water partition coefficient (Wildman–Crippen LogP) is 1.82. The molecule has 0 spiro atoms. The monoisotopic (exact) mass is 263 g/mol. The van der Waals surface area contributed by atoms with E-state index in [4.69, 9.17) is 5.11 Å². The molecule has 0 saturated heterocycles. The van der Waals surface area contributed by atoms with Crippen molar-refractivity contribution >= 4 is 22.4 Å². The first-order valence-corrected chi connectivity index (χ1v) is 6.41. The molecule has 94 valence electrons. The van der Waals surface area contributed by atoms with E-state index in [0.29, 0.717) is 5.69 Å². The van der Waals surface area contributed by atoms with Crippen LogP contribution in [0.1, 0.15) is 11.3 Å². The van der Waals surface area contributed by atoms with Gasteiger partial charge in [0.2, 0.25) is 0 Å². The number of carboxylic acid groups (broad SMARTS) is 1. The molecule has 2 rings (SSSR count). The average molecular weight is 263 g/mol. The minimum Gasteiger partial charge on any atom is -0.481 e. The van der Waals surface area contributed by atoms with Gasteiger partial charge in [0.15, 0.2) is 5.13 Å². The summed E-state index contributed by atoms with van der Waals surface area (Å²) in [7, 11) is 0. The van der Waals surface area contributed by atoms with Gasteiger partial charge in [-0.2, -0.15) is 0 Å². The highest BCUT2D eigenvalue weighted by Gasteiger charge is 2.05. The van der Waals surface area contributed by atoms with Crippen LogP contribution in [-0.4, -0.2) is 27.6 Å². The van der Waals surface area contributed by atoms with E-state index >= 15 is 0 Å². The highest BCUT2D eigenvalue weighted by molar-refractivity contribution is 7.13. The molecule has 0 fully saturated rings. The molecule has 0 bridgehead atoms. The van der Waals surface area contributed by atoms with Crippen LogP contribution in [0.3, 0.4) is 0 Å². The summed E-state index contributed by atoms with van der Waals surface area (Å²) in [5.74, 6) is -0.859. The number of anilines is 1. The summed E-state index contributed by atoms with van der Waals surface area (Å²) >= 11 is 1.43. The molecule has 0 aromatic carbocycles. The fourth-order valence-corrected chi connectivity index (χ4v) is 2.22. The molecule has 18 heavy (non-hydrogen) atoms. The van der Waals surface area contributed by atoms with Crippen LogP contribution in [0.25, 0.3) is 0 Å². The molecular formula is C12H13N3O2S. The minimum absolute atomic E-state index is 0.0270. The first kappa shape index (κ1) is 12.5. The van der Waals surface area contributed by atoms with Gasteiger partial charge in [-0.25, -0.2) is 4.98 Å². The first-order valence-electron chi connectivity index (χ1n) is 5.53. The molecule has 2 aromatic rings. The van der Waals surface area contributed by atoms with E-state index in [2.05, 4.69) is 15.3 Å². The number of aliphatic carboxylic acids is 1. The van der Waals surface area contributed by atoms with Gasteiger partial charge in [0.1, 0.15) is 0 Å². The van der Waals surface area contributed by atoms with Crippen LogP contribution in [0.2, 0.25) is 0 Å². The standard InChI is InChI=1S/C12H13N3O2S/c16-11(17)6-10-8-18-12(15-10)14-5-3-9-2-1-4-13-7-9/h1-2,4,7-8H,3,5-6H2,(H,14,15)(H,16,17). The average Bonchev–Trinajstić information content (AvgIpc) is 2.77. The summed E-state index contributed by atoms with van der Waals surface area (Å²) in [4.78, 5) is 18.7. The Hall–Kier alpha value is -1.95. The number of carbonyl (C=O) groups is 1. The molecule has 0 atom stereocenters. The van der Waals surface area contributed by atoms with Gasteiger partial charge in [0.25, 0.3) is 0 Å². The summed E-state index contributed by atoms with van der Waals surface area (Å²) in [6, 6.07) is 3.93. The zero-order valence-electron chi connectivity index (χ0n) is 9.67. The number of carboxylic acids is 1. The van der Waals surface area contributed by atoms with E-state index in [-0.39, 0.29) is 6.42 Å². The second-order valence-electron chi connectivity index (χ2n) is 3.75. The maximum absolute atomic E-state index is 10.5. The molecule has 2 heterocycles. The van der Waals surface area contributed by atoms with E-state index in [1.54, 1.807) is 11.6 Å². The number of hydrogen-bond acceptors (Lipinski definition) is 5. The van der Waals surface area contributed by atoms with Gasteiger partial charge in [-0.05, 0) is 18.1 Å². The van der Waals surface area contributed by atoms with Crippen molar-refractivity contribution in [2.75, 3.05) is 11.9 Å². The lowest BCUT2D eigenvalue weighted by Gasteiger charge is -2.02. The van der Waals surface area contributed by atoms with Crippen LogP contribution in [-0.2, 0) is 17.6 Å². The van der Waals surface area contributed by atoms with Crippen LogP contribution in [0.5, 0.6) is 0 Å². The van der Waals surface area contributed by atoms with Gasteiger partial charge in [0, 0.05) is 24.3 Å². The van der Waals surface area contributed by atoms with Crippen molar-refractivity contribution < 1.29 is 9.90 Å². The van der Waals surface area contributed by atoms with Gasteiger partial charge >= 0.3 is 5.97 Å². The Morgan fingerprint density at radius 1 is 1.50 bits per heavy atom. The Bertz CT molecular complexity index is 513. The predicted molar refractivity (Wildman–Crippen MR) is 69.9 cm³/mol. The summed E-state index contributed by atoms with van der Waals surface area (Å²) in [5, 5.41) is 14.3. The molecule has 5 nitrogen and oxygen atoms in total. The van der Waals surface area contributed by atoms with Gasteiger partial charge in [-0.1, -0.05) is 6.07 Å². The Balaban J connectivity index is 1.80. The number of thiazole rings is 1. The van der Waals surface area contributed by atoms with Gasteiger partial charge in [-0.3, -0.25) is 9.78 Å². The number of nitrogens with one attached hydrogen (secondary N) is 1. The van der Waals surface area contributed by atoms with Crippen molar-refractivity contribution in [3.05, 3.63) is 41.2 Å². The van der Waals surface area contributed by atoms with E-state index < -0.39 is 5.97 Å². The van der Waals surface area contributed by atoms with Crippen molar-refractivity contribution in [1.29, 1.82) is 0 Å².